The van der Waals surface area contributed by atoms with Crippen LogP contribution in [0.2, 0.25) is 0 Å². The van der Waals surface area contributed by atoms with Crippen LogP contribution in [-0.2, 0) is 4.74 Å². The minimum atomic E-state index is 0.469. The van der Waals surface area contributed by atoms with Crippen molar-refractivity contribution in [1.82, 2.24) is 0 Å². The summed E-state index contributed by atoms with van der Waals surface area (Å²) in [5, 5.41) is 2.28. The predicted octanol–water partition coefficient (Wildman–Crippen LogP) is 0.808. The second-order valence-electron chi connectivity index (χ2n) is 4.11. The van der Waals surface area contributed by atoms with Gasteiger partial charge in [0.05, 0.1) is 0 Å². The number of quaternary nitrogens is 1. The van der Waals surface area contributed by atoms with Crippen molar-refractivity contribution in [2.45, 2.75) is 18.9 Å². The Hall–Kier alpha value is -1.06. The Morgan fingerprint density at radius 3 is 2.94 bits per heavy atom. The van der Waals surface area contributed by atoms with Crippen LogP contribution in [0.1, 0.15) is 12.8 Å². The maximum absolute atomic E-state index is 5.60. The van der Waals surface area contributed by atoms with E-state index in [4.69, 9.17) is 9.47 Å². The molecule has 1 aromatic carbocycles. The smallest absolute Gasteiger partial charge is 0.137 e. The second-order valence-corrected chi connectivity index (χ2v) is 4.11. The molecule has 0 radical (unpaired) electrons. The Morgan fingerprint density at radius 1 is 1.31 bits per heavy atom. The molecular weight excluding hydrogens is 202 g/mol. The molecule has 0 spiro atoms. The van der Waals surface area contributed by atoms with Gasteiger partial charge in [-0.15, -0.1) is 0 Å². The fourth-order valence-electron chi connectivity index (χ4n) is 1.91. The summed E-state index contributed by atoms with van der Waals surface area (Å²) in [5.41, 5.74) is 0. The van der Waals surface area contributed by atoms with Crippen molar-refractivity contribution >= 4 is 0 Å². The van der Waals surface area contributed by atoms with Gasteiger partial charge in [-0.3, -0.25) is 0 Å². The van der Waals surface area contributed by atoms with Crippen LogP contribution in [0.15, 0.2) is 30.3 Å². The minimum absolute atomic E-state index is 0.469. The molecule has 1 aliphatic heterocycles. The number of rotatable bonds is 6. The Bertz CT molecular complexity index is 283. The zero-order chi connectivity index (χ0) is 11.1. The zero-order valence-corrected chi connectivity index (χ0v) is 9.60. The van der Waals surface area contributed by atoms with Gasteiger partial charge in [0.1, 0.15) is 31.5 Å². The first-order chi connectivity index (χ1) is 7.95. The van der Waals surface area contributed by atoms with Gasteiger partial charge in [-0.25, -0.2) is 0 Å². The van der Waals surface area contributed by atoms with Crippen LogP contribution in [0, 0.1) is 0 Å². The minimum Gasteiger partial charge on any atom is -0.488 e. The Kier molecular flexibility index (Phi) is 4.65. The molecule has 1 atom stereocenters. The first-order valence-corrected chi connectivity index (χ1v) is 6.06. The van der Waals surface area contributed by atoms with Crippen LogP contribution in [-0.4, -0.2) is 32.4 Å². The molecular formula is C13H20NO2+. The van der Waals surface area contributed by atoms with E-state index in [0.29, 0.717) is 6.10 Å². The fraction of sp³-hybridized carbons (Fsp3) is 0.538. The average molecular weight is 222 g/mol. The molecule has 0 bridgehead atoms. The highest BCUT2D eigenvalue weighted by atomic mass is 16.5. The monoisotopic (exact) mass is 222 g/mol. The van der Waals surface area contributed by atoms with Crippen LogP contribution < -0.4 is 10.1 Å². The van der Waals surface area contributed by atoms with E-state index in [9.17, 15) is 0 Å². The van der Waals surface area contributed by atoms with Gasteiger partial charge < -0.3 is 14.8 Å². The lowest BCUT2D eigenvalue weighted by molar-refractivity contribution is -0.661. The molecule has 88 valence electrons. The van der Waals surface area contributed by atoms with E-state index in [0.717, 1.165) is 32.1 Å². The maximum atomic E-state index is 5.60. The van der Waals surface area contributed by atoms with Crippen LogP contribution >= 0.6 is 0 Å². The third-order valence-corrected chi connectivity index (χ3v) is 2.79. The lowest BCUT2D eigenvalue weighted by atomic mass is 10.2. The van der Waals surface area contributed by atoms with Crippen molar-refractivity contribution in [1.29, 1.82) is 0 Å². The van der Waals surface area contributed by atoms with E-state index >= 15 is 0 Å². The molecule has 3 heteroatoms. The van der Waals surface area contributed by atoms with Crippen LogP contribution in [0.4, 0.5) is 0 Å². The fourth-order valence-corrected chi connectivity index (χ4v) is 1.91. The van der Waals surface area contributed by atoms with Crippen molar-refractivity contribution in [2.75, 3.05) is 26.3 Å². The van der Waals surface area contributed by atoms with Crippen molar-refractivity contribution in [3.8, 4) is 5.75 Å². The molecule has 0 aromatic heterocycles. The third-order valence-electron chi connectivity index (χ3n) is 2.79. The van der Waals surface area contributed by atoms with Gasteiger partial charge in [-0.2, -0.15) is 0 Å². The maximum Gasteiger partial charge on any atom is 0.137 e. The number of nitrogens with two attached hydrogens (primary N) is 1. The molecule has 16 heavy (non-hydrogen) atoms. The van der Waals surface area contributed by atoms with Crippen LogP contribution in [0.5, 0.6) is 5.75 Å². The Labute approximate surface area is 96.8 Å². The molecule has 0 amide bonds. The highest BCUT2D eigenvalue weighted by Crippen LogP contribution is 2.09. The van der Waals surface area contributed by atoms with E-state index in [1.165, 1.54) is 12.8 Å². The van der Waals surface area contributed by atoms with Gasteiger partial charge in [-0.05, 0) is 25.0 Å². The molecule has 0 unspecified atom stereocenters. The molecule has 1 aromatic rings. The summed E-state index contributed by atoms with van der Waals surface area (Å²) in [6.45, 7) is 3.77. The summed E-state index contributed by atoms with van der Waals surface area (Å²) in [7, 11) is 0. The number of hydrogen-bond donors (Lipinski definition) is 1. The summed E-state index contributed by atoms with van der Waals surface area (Å²) in [6, 6.07) is 9.95. The van der Waals surface area contributed by atoms with Gasteiger partial charge >= 0.3 is 0 Å². The highest BCUT2D eigenvalue weighted by molar-refractivity contribution is 5.20. The first-order valence-electron chi connectivity index (χ1n) is 6.06. The van der Waals surface area contributed by atoms with E-state index in [1.807, 2.05) is 30.3 Å². The van der Waals surface area contributed by atoms with Crippen molar-refractivity contribution in [3.05, 3.63) is 30.3 Å². The largest absolute Gasteiger partial charge is 0.488 e. The van der Waals surface area contributed by atoms with E-state index < -0.39 is 0 Å². The Morgan fingerprint density at radius 2 is 2.19 bits per heavy atom. The lowest BCUT2D eigenvalue weighted by Crippen LogP contribution is -2.87. The quantitative estimate of drug-likeness (QED) is 0.723. The van der Waals surface area contributed by atoms with Gasteiger partial charge in [0, 0.05) is 6.61 Å². The Balaban J connectivity index is 1.52. The van der Waals surface area contributed by atoms with Gasteiger partial charge in [-0.1, -0.05) is 18.2 Å². The summed E-state index contributed by atoms with van der Waals surface area (Å²) < 4.78 is 11.1. The summed E-state index contributed by atoms with van der Waals surface area (Å²) in [4.78, 5) is 0. The molecule has 2 N–H and O–H groups in total. The van der Waals surface area contributed by atoms with Crippen molar-refractivity contribution < 1.29 is 14.8 Å². The van der Waals surface area contributed by atoms with E-state index in [-0.39, 0.29) is 0 Å². The van der Waals surface area contributed by atoms with Crippen molar-refractivity contribution in [3.63, 3.8) is 0 Å². The summed E-state index contributed by atoms with van der Waals surface area (Å²) in [6.07, 6.45) is 2.91. The highest BCUT2D eigenvalue weighted by Gasteiger charge is 2.16. The van der Waals surface area contributed by atoms with Crippen LogP contribution in [0.3, 0.4) is 0 Å². The molecule has 1 fully saturated rings. The molecule has 1 aliphatic rings. The number of ether oxygens (including phenoxy) is 2. The number of para-hydroxylation sites is 1. The molecule has 0 aliphatic carbocycles. The SMILES string of the molecule is c1ccc(OCC[NH2+]C[C@@H]2CCCO2)cc1. The molecule has 0 saturated carbocycles. The zero-order valence-electron chi connectivity index (χ0n) is 9.60. The summed E-state index contributed by atoms with van der Waals surface area (Å²) >= 11 is 0. The average Bonchev–Trinajstić information content (AvgIpc) is 2.83. The molecule has 3 nitrogen and oxygen atoms in total. The topological polar surface area (TPSA) is 35.1 Å². The first kappa shape index (κ1) is 11.4. The van der Waals surface area contributed by atoms with Gasteiger partial charge in [0.2, 0.25) is 0 Å². The molecule has 2 rings (SSSR count). The van der Waals surface area contributed by atoms with Gasteiger partial charge in [0.25, 0.3) is 0 Å². The predicted molar refractivity (Wildman–Crippen MR) is 62.6 cm³/mol. The van der Waals surface area contributed by atoms with Crippen LogP contribution in [0.25, 0.3) is 0 Å². The summed E-state index contributed by atoms with van der Waals surface area (Å²) in [5.74, 6) is 0.952. The normalized spacial score (nSPS) is 19.9. The van der Waals surface area contributed by atoms with Crippen molar-refractivity contribution in [2.24, 2.45) is 0 Å². The number of hydrogen-bond acceptors (Lipinski definition) is 2. The number of benzene rings is 1. The van der Waals surface area contributed by atoms with Gasteiger partial charge in [0.15, 0.2) is 0 Å². The lowest BCUT2D eigenvalue weighted by Gasteiger charge is -2.08. The molecule has 1 saturated heterocycles. The van der Waals surface area contributed by atoms with E-state index in [1.54, 1.807) is 0 Å². The molecule has 1 heterocycles. The third kappa shape index (κ3) is 3.83. The van der Waals surface area contributed by atoms with E-state index in [2.05, 4.69) is 5.32 Å². The second kappa shape index (κ2) is 6.51. The standard InChI is InChI=1S/C13H19NO2/c1-2-5-12(6-3-1)16-10-8-14-11-13-7-4-9-15-13/h1-3,5-6,13-14H,4,7-11H2/p+1/t13-/m0/s1.